The first-order valence-electron chi connectivity index (χ1n) is 9.47. The van der Waals surface area contributed by atoms with Crippen molar-refractivity contribution in [2.45, 2.75) is 19.4 Å². The van der Waals surface area contributed by atoms with Crippen LogP contribution in [0.3, 0.4) is 0 Å². The van der Waals surface area contributed by atoms with Gasteiger partial charge in [-0.25, -0.2) is 0 Å². The summed E-state index contributed by atoms with van der Waals surface area (Å²) >= 11 is 0. The lowest BCUT2D eigenvalue weighted by atomic mass is 9.99. The molecule has 0 aliphatic carbocycles. The highest BCUT2D eigenvalue weighted by atomic mass is 16.1. The Balaban J connectivity index is 1.98. The van der Waals surface area contributed by atoms with E-state index in [0.717, 1.165) is 52.4 Å². The van der Waals surface area contributed by atoms with E-state index in [4.69, 9.17) is 0 Å². The first-order chi connectivity index (χ1) is 13.3. The molecule has 2 aromatic heterocycles. The van der Waals surface area contributed by atoms with Crippen LogP contribution in [0.5, 0.6) is 0 Å². The first kappa shape index (κ1) is 14.8. The number of aromatic nitrogens is 2. The van der Waals surface area contributed by atoms with Crippen LogP contribution in [0, 0.1) is 0 Å². The van der Waals surface area contributed by atoms with Gasteiger partial charge in [0.1, 0.15) is 0 Å². The maximum atomic E-state index is 13.6. The van der Waals surface area contributed by atoms with Gasteiger partial charge in [-0.15, -0.1) is 0 Å². The van der Waals surface area contributed by atoms with Crippen molar-refractivity contribution in [1.82, 2.24) is 9.13 Å². The number of rotatable bonds is 1. The zero-order valence-electron chi connectivity index (χ0n) is 14.9. The molecule has 1 aliphatic rings. The standard InChI is InChI=1S/C24H18N2O/c27-24-21-18-12-4-5-14-20(18)26(17-10-2-1-3-11-17)23(21)19-13-6-8-16-9-7-15-25(24)22(16)19/h1-6,8,10-14H,7,9,15H2. The summed E-state index contributed by atoms with van der Waals surface area (Å²) in [7, 11) is 0. The van der Waals surface area contributed by atoms with Crippen LogP contribution >= 0.6 is 0 Å². The minimum absolute atomic E-state index is 0.135. The predicted molar refractivity (Wildman–Crippen MR) is 111 cm³/mol. The molecule has 0 fully saturated rings. The fraction of sp³-hybridized carbons (Fsp3) is 0.125. The fourth-order valence-electron chi connectivity index (χ4n) is 4.74. The van der Waals surface area contributed by atoms with E-state index < -0.39 is 0 Å². The molecular weight excluding hydrogens is 332 g/mol. The van der Waals surface area contributed by atoms with E-state index >= 15 is 0 Å². The SMILES string of the molecule is O=c1c2c3ccccc3n(-c3ccccc3)c2c2cccc3c2n1CCC3. The Hall–Kier alpha value is -3.33. The Bertz CT molecular complexity index is 1410. The molecule has 6 rings (SSSR count). The van der Waals surface area contributed by atoms with Gasteiger partial charge in [-0.1, -0.05) is 54.6 Å². The largest absolute Gasteiger partial charge is 0.308 e. The molecule has 0 amide bonds. The monoisotopic (exact) mass is 350 g/mol. The van der Waals surface area contributed by atoms with Crippen LogP contribution in [0.2, 0.25) is 0 Å². The number of aryl methyl sites for hydroxylation is 2. The zero-order chi connectivity index (χ0) is 18.0. The van der Waals surface area contributed by atoms with Crippen LogP contribution in [-0.4, -0.2) is 9.13 Å². The third-order valence-corrected chi connectivity index (χ3v) is 5.82. The molecule has 0 N–H and O–H groups in total. The number of para-hydroxylation sites is 3. The van der Waals surface area contributed by atoms with E-state index in [1.165, 1.54) is 10.9 Å². The molecule has 3 heteroatoms. The van der Waals surface area contributed by atoms with Crippen molar-refractivity contribution < 1.29 is 0 Å². The molecular formula is C24H18N2O. The first-order valence-corrected chi connectivity index (χ1v) is 9.47. The second-order valence-corrected chi connectivity index (χ2v) is 7.29. The molecule has 0 radical (unpaired) electrons. The van der Waals surface area contributed by atoms with E-state index in [9.17, 15) is 4.79 Å². The van der Waals surface area contributed by atoms with Crippen molar-refractivity contribution in [3.8, 4) is 5.69 Å². The Labute approximate surface area is 156 Å². The van der Waals surface area contributed by atoms with Crippen molar-refractivity contribution in [3.63, 3.8) is 0 Å². The Morgan fingerprint density at radius 1 is 0.741 bits per heavy atom. The molecule has 0 atom stereocenters. The third kappa shape index (κ3) is 1.89. The molecule has 0 saturated heterocycles. The van der Waals surface area contributed by atoms with E-state index in [1.54, 1.807) is 0 Å². The molecule has 0 unspecified atom stereocenters. The summed E-state index contributed by atoms with van der Waals surface area (Å²) in [6.45, 7) is 0.799. The summed E-state index contributed by atoms with van der Waals surface area (Å²) < 4.78 is 4.25. The smallest absolute Gasteiger partial charge is 0.261 e. The van der Waals surface area contributed by atoms with Crippen LogP contribution in [-0.2, 0) is 13.0 Å². The van der Waals surface area contributed by atoms with Gasteiger partial charge >= 0.3 is 0 Å². The highest BCUT2D eigenvalue weighted by molar-refractivity contribution is 6.17. The van der Waals surface area contributed by atoms with Gasteiger partial charge in [-0.3, -0.25) is 4.79 Å². The lowest BCUT2D eigenvalue weighted by Gasteiger charge is -2.20. The van der Waals surface area contributed by atoms with Crippen LogP contribution in [0.4, 0.5) is 0 Å². The van der Waals surface area contributed by atoms with Gasteiger partial charge in [0, 0.05) is 23.0 Å². The minimum Gasteiger partial charge on any atom is -0.308 e. The van der Waals surface area contributed by atoms with E-state index in [2.05, 4.69) is 47.0 Å². The minimum atomic E-state index is 0.135. The normalized spacial score (nSPS) is 13.6. The van der Waals surface area contributed by atoms with Gasteiger partial charge in [0.2, 0.25) is 0 Å². The van der Waals surface area contributed by atoms with Crippen molar-refractivity contribution in [3.05, 3.63) is 88.7 Å². The summed E-state index contributed by atoms with van der Waals surface area (Å²) in [5.74, 6) is 0. The summed E-state index contributed by atoms with van der Waals surface area (Å²) in [4.78, 5) is 13.6. The molecule has 3 nitrogen and oxygen atoms in total. The van der Waals surface area contributed by atoms with E-state index in [0.29, 0.717) is 0 Å². The number of fused-ring (bicyclic) bond motifs is 4. The lowest BCUT2D eigenvalue weighted by molar-refractivity contribution is 0.619. The van der Waals surface area contributed by atoms with E-state index in [1.807, 2.05) is 34.9 Å². The summed E-state index contributed by atoms with van der Waals surface area (Å²) in [5, 5.41) is 3.03. The summed E-state index contributed by atoms with van der Waals surface area (Å²) in [6, 6.07) is 25.1. The average Bonchev–Trinajstić information content (AvgIpc) is 3.08. The van der Waals surface area contributed by atoms with Crippen LogP contribution in [0.1, 0.15) is 12.0 Å². The Morgan fingerprint density at radius 3 is 2.41 bits per heavy atom. The second kappa shape index (κ2) is 5.34. The van der Waals surface area contributed by atoms with Crippen molar-refractivity contribution in [2.75, 3.05) is 0 Å². The topological polar surface area (TPSA) is 26.9 Å². The van der Waals surface area contributed by atoms with E-state index in [-0.39, 0.29) is 5.56 Å². The maximum Gasteiger partial charge on any atom is 0.261 e. The molecule has 3 heterocycles. The van der Waals surface area contributed by atoms with Gasteiger partial charge in [-0.05, 0) is 36.6 Å². The second-order valence-electron chi connectivity index (χ2n) is 7.29. The highest BCUT2D eigenvalue weighted by Crippen LogP contribution is 2.36. The van der Waals surface area contributed by atoms with Crippen molar-refractivity contribution in [1.29, 1.82) is 0 Å². The highest BCUT2D eigenvalue weighted by Gasteiger charge is 2.22. The van der Waals surface area contributed by atoms with Gasteiger partial charge < -0.3 is 9.13 Å². The molecule has 0 saturated carbocycles. The van der Waals surface area contributed by atoms with Gasteiger partial charge in [0.25, 0.3) is 5.56 Å². The molecule has 0 bridgehead atoms. The third-order valence-electron chi connectivity index (χ3n) is 5.82. The number of hydrogen-bond acceptors (Lipinski definition) is 1. The van der Waals surface area contributed by atoms with Crippen molar-refractivity contribution >= 4 is 32.7 Å². The molecule has 130 valence electrons. The zero-order valence-corrected chi connectivity index (χ0v) is 14.9. The number of nitrogens with zero attached hydrogens (tertiary/aromatic N) is 2. The number of benzene rings is 3. The fourth-order valence-corrected chi connectivity index (χ4v) is 4.74. The van der Waals surface area contributed by atoms with Crippen LogP contribution in [0.15, 0.2) is 77.6 Å². The molecule has 1 aliphatic heterocycles. The average molecular weight is 350 g/mol. The molecule has 3 aromatic carbocycles. The molecule has 5 aromatic rings. The predicted octanol–water partition coefficient (Wildman–Crippen LogP) is 5.04. The van der Waals surface area contributed by atoms with Gasteiger partial charge in [0.05, 0.1) is 21.9 Å². The quantitative estimate of drug-likeness (QED) is 0.416. The lowest BCUT2D eigenvalue weighted by Crippen LogP contribution is -2.24. The number of hydrogen-bond donors (Lipinski definition) is 0. The Morgan fingerprint density at radius 2 is 1.52 bits per heavy atom. The van der Waals surface area contributed by atoms with Crippen molar-refractivity contribution in [2.24, 2.45) is 0 Å². The van der Waals surface area contributed by atoms with Gasteiger partial charge in [-0.2, -0.15) is 0 Å². The van der Waals surface area contributed by atoms with Crippen LogP contribution in [0.25, 0.3) is 38.4 Å². The van der Waals surface area contributed by atoms with Crippen LogP contribution < -0.4 is 5.56 Å². The van der Waals surface area contributed by atoms with Gasteiger partial charge in [0.15, 0.2) is 0 Å². The summed E-state index contributed by atoms with van der Waals surface area (Å²) in [5.41, 5.74) is 5.73. The molecule has 27 heavy (non-hydrogen) atoms. The maximum absolute atomic E-state index is 13.6. The number of pyridine rings is 1. The summed E-state index contributed by atoms with van der Waals surface area (Å²) in [6.07, 6.45) is 2.06. The molecule has 0 spiro atoms. The Kier molecular flexibility index (Phi) is 2.92.